The Morgan fingerprint density at radius 1 is 0.569 bits per heavy atom. The number of carbonyl (C=O) groups is 1. The minimum Gasteiger partial charge on any atom is -0.391 e. The van der Waals surface area contributed by atoms with Gasteiger partial charge < -0.3 is 19.8 Å². The first kappa shape index (κ1) is 57.2. The molecule has 0 aliphatic rings. The highest BCUT2D eigenvalue weighted by molar-refractivity contribution is 7.47. The molecular weight excluding hydrogens is 744 g/mol. The van der Waals surface area contributed by atoms with Gasteiger partial charge in [-0.1, -0.05) is 212 Å². The Bertz CT molecular complexity index is 958. The van der Waals surface area contributed by atoms with Gasteiger partial charge in [0.15, 0.2) is 0 Å². The fourth-order valence-corrected chi connectivity index (χ4v) is 8.25. The van der Waals surface area contributed by atoms with Crippen molar-refractivity contribution in [1.29, 1.82) is 0 Å². The molecule has 0 aromatic carbocycles. The molecule has 0 aliphatic carbocycles. The first-order valence-electron chi connectivity index (χ1n) is 25.1. The lowest BCUT2D eigenvalue weighted by molar-refractivity contribution is -0.870. The lowest BCUT2D eigenvalue weighted by Crippen LogP contribution is -2.46. The van der Waals surface area contributed by atoms with E-state index >= 15 is 0 Å². The summed E-state index contributed by atoms with van der Waals surface area (Å²) in [4.78, 5) is 23.2. The van der Waals surface area contributed by atoms with Crippen LogP contribution in [0.15, 0.2) is 12.2 Å². The third-order valence-corrected chi connectivity index (χ3v) is 12.5. The van der Waals surface area contributed by atoms with Crippen molar-refractivity contribution in [1.82, 2.24) is 5.32 Å². The predicted molar refractivity (Wildman–Crippen MR) is 249 cm³/mol. The Hall–Kier alpha value is -0.760. The Morgan fingerprint density at radius 3 is 1.33 bits per heavy atom. The predicted octanol–water partition coefficient (Wildman–Crippen LogP) is 14.3. The van der Waals surface area contributed by atoms with Crippen molar-refractivity contribution in [3.8, 4) is 0 Å². The second-order valence-corrected chi connectivity index (χ2v) is 20.0. The fourth-order valence-electron chi connectivity index (χ4n) is 7.51. The van der Waals surface area contributed by atoms with Crippen molar-refractivity contribution in [2.24, 2.45) is 0 Å². The molecule has 3 unspecified atom stereocenters. The SMILES string of the molecule is CCCCCCCC/C=C\CCCCCCCCCCCC(=O)NC(COP(=O)(O)OCC[N+](C)(C)C)C(O)CCCCCCCCCCCCCCCCCCC. The van der Waals surface area contributed by atoms with Crippen LogP contribution in [0, 0.1) is 0 Å². The highest BCUT2D eigenvalue weighted by Crippen LogP contribution is 2.43. The molecule has 8 nitrogen and oxygen atoms in total. The molecule has 0 saturated carbocycles. The van der Waals surface area contributed by atoms with Crippen LogP contribution in [0.25, 0.3) is 0 Å². The minimum absolute atomic E-state index is 0.0765. The zero-order chi connectivity index (χ0) is 42.8. The van der Waals surface area contributed by atoms with Crippen molar-refractivity contribution in [2.75, 3.05) is 40.9 Å². The van der Waals surface area contributed by atoms with Crippen LogP contribution in [0.4, 0.5) is 0 Å². The number of allylic oxidation sites excluding steroid dienone is 2. The van der Waals surface area contributed by atoms with E-state index in [1.807, 2.05) is 21.1 Å². The zero-order valence-electron chi connectivity index (χ0n) is 39.3. The molecule has 0 radical (unpaired) electrons. The number of phosphoric ester groups is 1. The summed E-state index contributed by atoms with van der Waals surface area (Å²) in [6.07, 6.45) is 48.1. The molecular formula is C49H100N2O6P+. The number of amides is 1. The van der Waals surface area contributed by atoms with Gasteiger partial charge in [-0.15, -0.1) is 0 Å². The van der Waals surface area contributed by atoms with E-state index in [0.717, 1.165) is 38.5 Å². The van der Waals surface area contributed by atoms with Gasteiger partial charge in [-0.2, -0.15) is 0 Å². The van der Waals surface area contributed by atoms with Gasteiger partial charge in [0.05, 0.1) is 39.9 Å². The molecule has 0 spiro atoms. The number of hydrogen-bond acceptors (Lipinski definition) is 5. The van der Waals surface area contributed by atoms with Crippen molar-refractivity contribution in [3.05, 3.63) is 12.2 Å². The van der Waals surface area contributed by atoms with Crippen molar-refractivity contribution < 1.29 is 32.9 Å². The van der Waals surface area contributed by atoms with Crippen molar-refractivity contribution in [3.63, 3.8) is 0 Å². The molecule has 0 fully saturated rings. The van der Waals surface area contributed by atoms with E-state index in [-0.39, 0.29) is 19.1 Å². The number of nitrogens with zero attached hydrogens (tertiary/aromatic N) is 1. The number of carbonyl (C=O) groups excluding carboxylic acids is 1. The molecule has 346 valence electrons. The first-order chi connectivity index (χ1) is 28.0. The average Bonchev–Trinajstić information content (AvgIpc) is 3.17. The molecule has 3 N–H and O–H groups in total. The number of rotatable bonds is 46. The average molecular weight is 844 g/mol. The van der Waals surface area contributed by atoms with Gasteiger partial charge in [0.25, 0.3) is 0 Å². The number of quaternary nitrogens is 1. The highest BCUT2D eigenvalue weighted by atomic mass is 31.2. The molecule has 0 bridgehead atoms. The molecule has 0 saturated heterocycles. The summed E-state index contributed by atoms with van der Waals surface area (Å²) >= 11 is 0. The Labute approximate surface area is 361 Å². The van der Waals surface area contributed by atoms with Crippen LogP contribution in [0.1, 0.15) is 245 Å². The number of unbranched alkanes of at least 4 members (excludes halogenated alkanes) is 31. The Morgan fingerprint density at radius 2 is 0.931 bits per heavy atom. The number of nitrogens with one attached hydrogen (secondary N) is 1. The molecule has 0 rings (SSSR count). The maximum atomic E-state index is 12.9. The first-order valence-corrected chi connectivity index (χ1v) is 26.5. The van der Waals surface area contributed by atoms with Crippen molar-refractivity contribution in [2.45, 2.75) is 257 Å². The van der Waals surface area contributed by atoms with Gasteiger partial charge in [0, 0.05) is 6.42 Å². The minimum atomic E-state index is -4.31. The molecule has 1 amide bonds. The quantitative estimate of drug-likeness (QED) is 0.0244. The van der Waals surface area contributed by atoms with Gasteiger partial charge in [-0.3, -0.25) is 13.8 Å². The van der Waals surface area contributed by atoms with Crippen LogP contribution in [0.3, 0.4) is 0 Å². The molecule has 0 aromatic heterocycles. The Kier molecular flexibility index (Phi) is 41.0. The number of aliphatic hydroxyl groups excluding tert-OH is 1. The molecule has 0 aromatic rings. The van der Waals surface area contributed by atoms with Crippen LogP contribution >= 0.6 is 7.82 Å². The maximum absolute atomic E-state index is 12.9. The van der Waals surface area contributed by atoms with Crippen LogP contribution in [-0.2, 0) is 18.4 Å². The second-order valence-electron chi connectivity index (χ2n) is 18.5. The summed E-state index contributed by atoms with van der Waals surface area (Å²) in [6, 6.07) is -0.758. The van der Waals surface area contributed by atoms with Gasteiger partial charge >= 0.3 is 7.82 Å². The zero-order valence-corrected chi connectivity index (χ0v) is 40.2. The number of likely N-dealkylation sites (N-methyl/N-ethyl adjacent to an activating group) is 1. The van der Waals surface area contributed by atoms with Gasteiger partial charge in [-0.05, 0) is 38.5 Å². The van der Waals surface area contributed by atoms with Gasteiger partial charge in [0.1, 0.15) is 13.2 Å². The summed E-state index contributed by atoms with van der Waals surface area (Å²) in [7, 11) is 1.62. The normalized spacial score (nSPS) is 14.3. The van der Waals surface area contributed by atoms with Gasteiger partial charge in [0.2, 0.25) is 5.91 Å². The summed E-state index contributed by atoms with van der Waals surface area (Å²) in [5.41, 5.74) is 0. The monoisotopic (exact) mass is 844 g/mol. The van der Waals surface area contributed by atoms with E-state index in [9.17, 15) is 19.4 Å². The number of hydrogen-bond donors (Lipinski definition) is 3. The Balaban J connectivity index is 4.27. The van der Waals surface area contributed by atoms with E-state index in [1.165, 1.54) is 180 Å². The summed E-state index contributed by atoms with van der Waals surface area (Å²) in [5.74, 6) is -0.144. The van der Waals surface area contributed by atoms with Crippen LogP contribution in [-0.4, -0.2) is 73.4 Å². The van der Waals surface area contributed by atoms with E-state index < -0.39 is 20.0 Å². The van der Waals surface area contributed by atoms with Crippen molar-refractivity contribution >= 4 is 13.7 Å². The molecule has 58 heavy (non-hydrogen) atoms. The van der Waals surface area contributed by atoms with E-state index in [1.54, 1.807) is 0 Å². The highest BCUT2D eigenvalue weighted by Gasteiger charge is 2.28. The van der Waals surface area contributed by atoms with Gasteiger partial charge in [-0.25, -0.2) is 4.57 Å². The largest absolute Gasteiger partial charge is 0.472 e. The van der Waals surface area contributed by atoms with Crippen LogP contribution in [0.2, 0.25) is 0 Å². The summed E-state index contributed by atoms with van der Waals surface area (Å²) < 4.78 is 23.7. The molecule has 0 aliphatic heterocycles. The van der Waals surface area contributed by atoms with Crippen LogP contribution in [0.5, 0.6) is 0 Å². The lowest BCUT2D eigenvalue weighted by Gasteiger charge is -2.26. The third-order valence-electron chi connectivity index (χ3n) is 11.5. The maximum Gasteiger partial charge on any atom is 0.472 e. The van der Waals surface area contributed by atoms with E-state index in [4.69, 9.17) is 9.05 Å². The molecule has 9 heteroatoms. The standard InChI is InChI=1S/C49H99N2O6P/c1-6-8-10-12-14-16-18-20-22-24-25-27-29-31-33-35-37-39-41-43-49(53)50-47(46-57-58(54,55)56-45-44-51(3,4)5)48(52)42-40-38-36-34-32-30-28-26-23-21-19-17-15-13-11-9-7-2/h20,22,47-48,52H,6-19,21,23-46H2,1-5H3,(H-,50,53,54,55)/p+1/b22-20-. The molecule has 0 heterocycles. The fraction of sp³-hybridized carbons (Fsp3) is 0.939. The smallest absolute Gasteiger partial charge is 0.391 e. The van der Waals surface area contributed by atoms with E-state index in [2.05, 4.69) is 31.3 Å². The third kappa shape index (κ3) is 43.3. The molecule has 3 atom stereocenters. The van der Waals surface area contributed by atoms with E-state index in [0.29, 0.717) is 23.9 Å². The number of phosphoric acid groups is 1. The summed E-state index contributed by atoms with van der Waals surface area (Å²) in [6.45, 7) is 4.91. The number of aliphatic hydroxyl groups is 1. The topological polar surface area (TPSA) is 105 Å². The van der Waals surface area contributed by atoms with Crippen LogP contribution < -0.4 is 5.32 Å². The second kappa shape index (κ2) is 41.6. The summed E-state index contributed by atoms with van der Waals surface area (Å²) in [5, 5.41) is 14.0. The lowest BCUT2D eigenvalue weighted by atomic mass is 10.0.